The third kappa shape index (κ3) is 6.21. The van der Waals surface area contributed by atoms with Crippen LogP contribution in [0.1, 0.15) is 122 Å². The summed E-state index contributed by atoms with van der Waals surface area (Å²) in [6.45, 7) is 16.0. The number of benzene rings is 2. The van der Waals surface area contributed by atoms with E-state index in [0.717, 1.165) is 101 Å². The van der Waals surface area contributed by atoms with Crippen LogP contribution < -0.4 is 4.74 Å². The number of imidazole rings is 2. The van der Waals surface area contributed by atoms with Gasteiger partial charge in [-0.25, -0.2) is 19.6 Å². The van der Waals surface area contributed by atoms with Crippen molar-refractivity contribution in [2.75, 3.05) is 0 Å². The lowest BCUT2D eigenvalue weighted by Crippen LogP contribution is -2.40. The molecule has 2 amide bonds. The van der Waals surface area contributed by atoms with Crippen LogP contribution in [0.15, 0.2) is 36.5 Å². The Bertz CT molecular complexity index is 2050. The number of ether oxygens (including phenoxy) is 3. The maximum absolute atomic E-state index is 13.2. The van der Waals surface area contributed by atoms with E-state index >= 15 is 0 Å². The van der Waals surface area contributed by atoms with Crippen molar-refractivity contribution in [3.63, 3.8) is 0 Å². The maximum atomic E-state index is 13.2. The number of H-pyrrole nitrogens is 2. The van der Waals surface area contributed by atoms with Gasteiger partial charge in [-0.15, -0.1) is 0 Å². The van der Waals surface area contributed by atoms with Gasteiger partial charge in [-0.2, -0.15) is 0 Å². The smallest absolute Gasteiger partial charge is 0.411 e. The molecule has 52 heavy (non-hydrogen) atoms. The Hall–Kier alpha value is -4.80. The Kier molecular flexibility index (Phi) is 8.19. The third-order valence-corrected chi connectivity index (χ3v) is 10.8. The number of aryl methyl sites for hydroxylation is 2. The first-order valence-corrected chi connectivity index (χ1v) is 18.7. The normalized spacial score (nSPS) is 22.3. The SMILES string of the molecule is C[C@H]1CCC(c2nc3c([nH]2)-c2cc4c(cc2CC3)-c2ccc(-c3cnc([C@@H]5CC[C@H](C)N5C(=O)OC(C)(C)C)[nH]3)cc2CO4)N1C(=O)OC(C)(C)C. The Morgan fingerprint density at radius 1 is 0.769 bits per heavy atom. The van der Waals surface area contributed by atoms with Gasteiger partial charge in [0.25, 0.3) is 0 Å². The lowest BCUT2D eigenvalue weighted by atomic mass is 9.86. The Morgan fingerprint density at radius 3 is 2.08 bits per heavy atom. The molecular formula is C41H50N6O5. The topological polar surface area (TPSA) is 126 Å². The number of carbonyl (C=O) groups excluding carboxylic acids is 2. The van der Waals surface area contributed by atoms with Gasteiger partial charge in [-0.1, -0.05) is 12.1 Å². The molecule has 2 saturated heterocycles. The highest BCUT2D eigenvalue weighted by atomic mass is 16.6. The van der Waals surface area contributed by atoms with Crippen LogP contribution in [0.5, 0.6) is 5.75 Å². The number of hydrogen-bond donors (Lipinski definition) is 2. The molecule has 4 aromatic rings. The molecule has 2 N–H and O–H groups in total. The van der Waals surface area contributed by atoms with Gasteiger partial charge in [-0.3, -0.25) is 9.80 Å². The number of likely N-dealkylation sites (tertiary alicyclic amines) is 2. The number of amides is 2. The van der Waals surface area contributed by atoms with Crippen LogP contribution >= 0.6 is 0 Å². The van der Waals surface area contributed by atoms with Crippen LogP contribution in [0.25, 0.3) is 33.6 Å². The van der Waals surface area contributed by atoms with Crippen LogP contribution in [0.3, 0.4) is 0 Å². The van der Waals surface area contributed by atoms with Crippen molar-refractivity contribution >= 4 is 12.2 Å². The zero-order chi connectivity index (χ0) is 36.7. The predicted octanol–water partition coefficient (Wildman–Crippen LogP) is 9.05. The summed E-state index contributed by atoms with van der Waals surface area (Å²) in [6, 6.07) is 10.8. The van der Waals surface area contributed by atoms with E-state index in [-0.39, 0.29) is 36.4 Å². The molecule has 2 aromatic carbocycles. The average Bonchev–Trinajstić information content (AvgIpc) is 3.87. The highest BCUT2D eigenvalue weighted by Gasteiger charge is 2.41. The van der Waals surface area contributed by atoms with Crippen molar-refractivity contribution in [1.29, 1.82) is 0 Å². The quantitative estimate of drug-likeness (QED) is 0.218. The summed E-state index contributed by atoms with van der Waals surface area (Å²) in [6.07, 6.45) is 6.45. The summed E-state index contributed by atoms with van der Waals surface area (Å²) in [7, 11) is 0. The van der Waals surface area contributed by atoms with E-state index in [2.05, 4.69) is 54.1 Å². The fraction of sp³-hybridized carbons (Fsp3) is 0.512. The van der Waals surface area contributed by atoms with Gasteiger partial charge < -0.3 is 24.2 Å². The van der Waals surface area contributed by atoms with E-state index in [9.17, 15) is 9.59 Å². The first-order chi connectivity index (χ1) is 24.6. The highest BCUT2D eigenvalue weighted by Crippen LogP contribution is 2.46. The minimum absolute atomic E-state index is 0.0765. The summed E-state index contributed by atoms with van der Waals surface area (Å²) in [5, 5.41) is 0. The first-order valence-electron chi connectivity index (χ1n) is 18.7. The molecule has 0 spiro atoms. The lowest BCUT2D eigenvalue weighted by molar-refractivity contribution is 0.0140. The standard InChI is InChI=1S/C41H50N6O5/c1-22-9-15-32(46(22)38(48)51-40(3,4)5)36-42-20-31(44-36)25-11-13-27-26(17-25)21-50-34-19-28-24(18-29(27)34)12-14-30-35(28)45-37(43-30)33-16-10-23(2)47(33)39(49)52-41(6,7)8/h11,13,17-20,22-23,32-33H,9-10,12,14-16,21H2,1-8H3,(H,42,44)(H,43,45)/t22-,23-,32-,33?/m0/s1. The second kappa shape index (κ2) is 12.4. The van der Waals surface area contributed by atoms with E-state index in [1.165, 1.54) is 5.56 Å². The van der Waals surface area contributed by atoms with E-state index in [1.54, 1.807) is 0 Å². The van der Waals surface area contributed by atoms with Gasteiger partial charge in [0.2, 0.25) is 0 Å². The molecule has 274 valence electrons. The summed E-state index contributed by atoms with van der Waals surface area (Å²) >= 11 is 0. The molecule has 4 aliphatic rings. The minimum Gasteiger partial charge on any atom is -0.488 e. The Morgan fingerprint density at radius 2 is 1.42 bits per heavy atom. The van der Waals surface area contributed by atoms with Crippen LogP contribution in [0, 0.1) is 0 Å². The average molecular weight is 707 g/mol. The fourth-order valence-corrected chi connectivity index (χ4v) is 8.34. The fourth-order valence-electron chi connectivity index (χ4n) is 8.34. The van der Waals surface area contributed by atoms with Gasteiger partial charge in [0.15, 0.2) is 0 Å². The first kappa shape index (κ1) is 34.3. The second-order valence-corrected chi connectivity index (χ2v) is 17.0. The van der Waals surface area contributed by atoms with E-state index in [1.807, 2.05) is 57.5 Å². The van der Waals surface area contributed by atoms with E-state index in [0.29, 0.717) is 6.61 Å². The van der Waals surface area contributed by atoms with Gasteiger partial charge in [-0.05, 0) is 134 Å². The van der Waals surface area contributed by atoms with Crippen molar-refractivity contribution < 1.29 is 23.8 Å². The molecule has 11 heteroatoms. The highest BCUT2D eigenvalue weighted by molar-refractivity contribution is 5.83. The summed E-state index contributed by atoms with van der Waals surface area (Å²) in [4.78, 5) is 47.0. The van der Waals surface area contributed by atoms with E-state index < -0.39 is 11.2 Å². The number of hydrogen-bond acceptors (Lipinski definition) is 7. The number of aromatic amines is 2. The maximum Gasteiger partial charge on any atom is 0.411 e. The third-order valence-electron chi connectivity index (χ3n) is 10.8. The molecule has 4 atom stereocenters. The molecule has 5 heterocycles. The molecule has 0 bridgehead atoms. The lowest BCUT2D eigenvalue weighted by Gasteiger charge is -2.30. The van der Waals surface area contributed by atoms with Crippen LogP contribution in [-0.2, 0) is 28.9 Å². The number of nitrogens with one attached hydrogen (secondary N) is 2. The molecule has 3 aliphatic heterocycles. The van der Waals surface area contributed by atoms with Crippen molar-refractivity contribution in [3.05, 3.63) is 65.0 Å². The van der Waals surface area contributed by atoms with Crippen molar-refractivity contribution in [2.45, 2.75) is 136 Å². The Labute approximate surface area is 305 Å². The predicted molar refractivity (Wildman–Crippen MR) is 198 cm³/mol. The zero-order valence-electron chi connectivity index (χ0n) is 31.6. The number of rotatable bonds is 3. The Balaban J connectivity index is 1.04. The number of fused-ring (bicyclic) bond motifs is 6. The number of carbonyl (C=O) groups is 2. The number of nitrogens with zero attached hydrogens (tertiary/aromatic N) is 4. The molecular weight excluding hydrogens is 656 g/mol. The van der Waals surface area contributed by atoms with Crippen LogP contribution in [-0.4, -0.2) is 65.2 Å². The molecule has 1 aliphatic carbocycles. The zero-order valence-corrected chi connectivity index (χ0v) is 31.6. The molecule has 8 rings (SSSR count). The minimum atomic E-state index is -0.562. The van der Waals surface area contributed by atoms with Crippen molar-refractivity contribution in [2.24, 2.45) is 0 Å². The molecule has 11 nitrogen and oxygen atoms in total. The van der Waals surface area contributed by atoms with Crippen molar-refractivity contribution in [1.82, 2.24) is 29.7 Å². The number of aromatic nitrogens is 4. The van der Waals surface area contributed by atoms with Gasteiger partial charge in [0.1, 0.15) is 35.2 Å². The van der Waals surface area contributed by atoms with Crippen LogP contribution in [0.4, 0.5) is 9.59 Å². The monoisotopic (exact) mass is 706 g/mol. The second-order valence-electron chi connectivity index (χ2n) is 17.0. The van der Waals surface area contributed by atoms with Gasteiger partial charge in [0, 0.05) is 23.2 Å². The summed E-state index contributed by atoms with van der Waals surface area (Å²) < 4.78 is 17.9. The molecule has 1 unspecified atom stereocenters. The summed E-state index contributed by atoms with van der Waals surface area (Å²) in [5.74, 6) is 2.46. The summed E-state index contributed by atoms with van der Waals surface area (Å²) in [5.41, 5.74) is 8.59. The molecule has 0 radical (unpaired) electrons. The molecule has 0 saturated carbocycles. The largest absolute Gasteiger partial charge is 0.488 e. The van der Waals surface area contributed by atoms with Gasteiger partial charge in [0.05, 0.1) is 35.4 Å². The van der Waals surface area contributed by atoms with Gasteiger partial charge >= 0.3 is 12.2 Å². The molecule has 2 aromatic heterocycles. The van der Waals surface area contributed by atoms with E-state index in [4.69, 9.17) is 24.2 Å². The molecule has 2 fully saturated rings. The van der Waals surface area contributed by atoms with Crippen LogP contribution in [0.2, 0.25) is 0 Å². The van der Waals surface area contributed by atoms with Crippen molar-refractivity contribution in [3.8, 4) is 39.4 Å².